The number of rotatable bonds is 3. The smallest absolute Gasteiger partial charge is 0.152 e. The van der Waals surface area contributed by atoms with Crippen molar-refractivity contribution in [3.63, 3.8) is 0 Å². The van der Waals surface area contributed by atoms with E-state index in [9.17, 15) is 17.9 Å². The molecule has 0 amide bonds. The molecule has 0 radical (unpaired) electrons. The molecule has 4 nitrogen and oxygen atoms in total. The van der Waals surface area contributed by atoms with Crippen molar-refractivity contribution in [3.05, 3.63) is 35.6 Å². The SMILES string of the molecule is CS(=O)(=O)[C@@H]1[C@H](c2cccc(F)c2)[C@@]1(N)CO. The number of hydrogen-bond donors (Lipinski definition) is 2. The van der Waals surface area contributed by atoms with E-state index in [4.69, 9.17) is 5.73 Å². The van der Waals surface area contributed by atoms with Crippen LogP contribution in [0.15, 0.2) is 24.3 Å². The Kier molecular flexibility index (Phi) is 2.76. The summed E-state index contributed by atoms with van der Waals surface area (Å²) in [5.41, 5.74) is 5.17. The minimum absolute atomic E-state index is 0.439. The maximum Gasteiger partial charge on any atom is 0.152 e. The van der Waals surface area contributed by atoms with E-state index in [2.05, 4.69) is 0 Å². The fourth-order valence-electron chi connectivity index (χ4n) is 2.44. The monoisotopic (exact) mass is 259 g/mol. The summed E-state index contributed by atoms with van der Waals surface area (Å²) in [6, 6.07) is 5.65. The summed E-state index contributed by atoms with van der Waals surface area (Å²) in [6.07, 6.45) is 1.08. The van der Waals surface area contributed by atoms with Gasteiger partial charge in [-0.1, -0.05) is 12.1 Å². The Hall–Kier alpha value is -0.980. The van der Waals surface area contributed by atoms with E-state index in [1.165, 1.54) is 18.2 Å². The Bertz CT molecular complexity index is 545. The zero-order chi connectivity index (χ0) is 12.8. The molecule has 17 heavy (non-hydrogen) atoms. The van der Waals surface area contributed by atoms with Crippen molar-refractivity contribution < 1.29 is 17.9 Å². The lowest BCUT2D eigenvalue weighted by Gasteiger charge is -2.06. The van der Waals surface area contributed by atoms with E-state index in [1.807, 2.05) is 0 Å². The van der Waals surface area contributed by atoms with Gasteiger partial charge in [0.25, 0.3) is 0 Å². The van der Waals surface area contributed by atoms with Crippen molar-refractivity contribution in [1.29, 1.82) is 0 Å². The Morgan fingerprint density at radius 3 is 2.59 bits per heavy atom. The molecular weight excluding hydrogens is 245 g/mol. The molecule has 1 saturated carbocycles. The lowest BCUT2D eigenvalue weighted by atomic mass is 10.1. The van der Waals surface area contributed by atoms with Gasteiger partial charge in [-0.2, -0.15) is 0 Å². The molecule has 3 atom stereocenters. The van der Waals surface area contributed by atoms with Crippen LogP contribution in [0.2, 0.25) is 0 Å². The molecule has 0 aliphatic heterocycles. The largest absolute Gasteiger partial charge is 0.394 e. The first-order chi connectivity index (χ1) is 7.80. The number of aliphatic hydroxyl groups excluding tert-OH is 1. The second kappa shape index (κ2) is 3.76. The molecule has 0 unspecified atom stereocenters. The Balaban J connectivity index is 2.41. The van der Waals surface area contributed by atoms with Gasteiger partial charge in [0, 0.05) is 12.2 Å². The molecule has 94 valence electrons. The zero-order valence-electron chi connectivity index (χ0n) is 9.30. The van der Waals surface area contributed by atoms with E-state index in [-0.39, 0.29) is 0 Å². The number of halogens is 1. The van der Waals surface area contributed by atoms with E-state index in [0.717, 1.165) is 6.26 Å². The normalized spacial score (nSPS) is 32.5. The summed E-state index contributed by atoms with van der Waals surface area (Å²) in [5, 5.41) is 8.37. The van der Waals surface area contributed by atoms with E-state index >= 15 is 0 Å². The van der Waals surface area contributed by atoms with Crippen LogP contribution in [0.5, 0.6) is 0 Å². The van der Waals surface area contributed by atoms with Crippen LogP contribution in [0.4, 0.5) is 4.39 Å². The summed E-state index contributed by atoms with van der Waals surface area (Å²) < 4.78 is 36.2. The summed E-state index contributed by atoms with van der Waals surface area (Å²) in [5.74, 6) is -0.986. The second-order valence-corrected chi connectivity index (χ2v) is 6.72. The molecule has 1 aliphatic carbocycles. The third kappa shape index (κ3) is 1.96. The number of nitrogens with two attached hydrogens (primary N) is 1. The van der Waals surface area contributed by atoms with E-state index in [0.29, 0.717) is 5.56 Å². The van der Waals surface area contributed by atoms with Crippen LogP contribution in [-0.2, 0) is 9.84 Å². The molecule has 0 heterocycles. The van der Waals surface area contributed by atoms with Gasteiger partial charge in [-0.25, -0.2) is 12.8 Å². The van der Waals surface area contributed by atoms with Gasteiger partial charge in [0.1, 0.15) is 5.82 Å². The fraction of sp³-hybridized carbons (Fsp3) is 0.455. The average Bonchev–Trinajstić information content (AvgIpc) is 2.86. The highest BCUT2D eigenvalue weighted by Gasteiger charge is 2.67. The van der Waals surface area contributed by atoms with Crippen molar-refractivity contribution in [2.24, 2.45) is 5.73 Å². The third-order valence-electron chi connectivity index (χ3n) is 3.25. The molecule has 0 aromatic heterocycles. The molecular formula is C11H14FNO3S. The summed E-state index contributed by atoms with van der Waals surface area (Å²) in [4.78, 5) is 0. The van der Waals surface area contributed by atoms with Gasteiger partial charge < -0.3 is 10.8 Å². The Morgan fingerprint density at radius 2 is 2.18 bits per heavy atom. The quantitative estimate of drug-likeness (QED) is 0.802. The topological polar surface area (TPSA) is 80.4 Å². The molecule has 1 aliphatic rings. The molecule has 0 bridgehead atoms. The van der Waals surface area contributed by atoms with Gasteiger partial charge in [0.15, 0.2) is 9.84 Å². The Labute approximate surface area is 99.2 Å². The van der Waals surface area contributed by atoms with Crippen LogP contribution in [-0.4, -0.2) is 37.2 Å². The highest BCUT2D eigenvalue weighted by atomic mass is 32.2. The molecule has 6 heteroatoms. The van der Waals surface area contributed by atoms with Gasteiger partial charge in [-0.3, -0.25) is 0 Å². The molecule has 1 aromatic rings. The zero-order valence-corrected chi connectivity index (χ0v) is 10.1. The van der Waals surface area contributed by atoms with E-state index in [1.54, 1.807) is 6.07 Å². The number of benzene rings is 1. The predicted molar refractivity (Wildman–Crippen MR) is 61.8 cm³/mol. The van der Waals surface area contributed by atoms with Gasteiger partial charge in [0.2, 0.25) is 0 Å². The molecule has 2 rings (SSSR count). The molecule has 0 spiro atoms. The third-order valence-corrected chi connectivity index (χ3v) is 4.88. The van der Waals surface area contributed by atoms with Crippen LogP contribution < -0.4 is 5.73 Å². The minimum Gasteiger partial charge on any atom is -0.394 e. The number of sulfone groups is 1. The maximum absolute atomic E-state index is 13.1. The van der Waals surface area contributed by atoms with Crippen LogP contribution in [0.25, 0.3) is 0 Å². The highest BCUT2D eigenvalue weighted by Crippen LogP contribution is 2.53. The first-order valence-corrected chi connectivity index (χ1v) is 7.10. The number of hydrogen-bond acceptors (Lipinski definition) is 4. The molecule has 1 fully saturated rings. The predicted octanol–water partition coefficient (Wildman–Crippen LogP) is 0.0259. The van der Waals surface area contributed by atoms with Gasteiger partial charge in [0.05, 0.1) is 17.4 Å². The summed E-state index contributed by atoms with van der Waals surface area (Å²) >= 11 is 0. The summed E-state index contributed by atoms with van der Waals surface area (Å²) in [7, 11) is -3.37. The van der Waals surface area contributed by atoms with Crippen LogP contribution in [0.1, 0.15) is 11.5 Å². The van der Waals surface area contributed by atoms with Crippen LogP contribution in [0, 0.1) is 5.82 Å². The first-order valence-electron chi connectivity index (χ1n) is 5.15. The van der Waals surface area contributed by atoms with Crippen molar-refractivity contribution in [2.45, 2.75) is 16.7 Å². The van der Waals surface area contributed by atoms with E-state index < -0.39 is 39.0 Å². The van der Waals surface area contributed by atoms with Crippen molar-refractivity contribution in [1.82, 2.24) is 0 Å². The van der Waals surface area contributed by atoms with Gasteiger partial charge in [-0.15, -0.1) is 0 Å². The van der Waals surface area contributed by atoms with Gasteiger partial charge in [-0.05, 0) is 17.7 Å². The van der Waals surface area contributed by atoms with Crippen LogP contribution in [0.3, 0.4) is 0 Å². The molecule has 1 aromatic carbocycles. The van der Waals surface area contributed by atoms with Crippen molar-refractivity contribution in [2.75, 3.05) is 12.9 Å². The lowest BCUT2D eigenvalue weighted by Crippen LogP contribution is -2.34. The molecule has 0 saturated heterocycles. The minimum atomic E-state index is -3.37. The molecule has 3 N–H and O–H groups in total. The van der Waals surface area contributed by atoms with Crippen molar-refractivity contribution in [3.8, 4) is 0 Å². The summed E-state index contributed by atoms with van der Waals surface area (Å²) in [6.45, 7) is -0.439. The van der Waals surface area contributed by atoms with Crippen molar-refractivity contribution >= 4 is 9.84 Å². The fourth-order valence-corrected chi connectivity index (χ4v) is 4.29. The highest BCUT2D eigenvalue weighted by molar-refractivity contribution is 7.91. The number of aliphatic hydroxyl groups is 1. The maximum atomic E-state index is 13.1. The average molecular weight is 259 g/mol. The first kappa shape index (κ1) is 12.5. The lowest BCUT2D eigenvalue weighted by molar-refractivity contribution is 0.253. The van der Waals surface area contributed by atoms with Gasteiger partial charge >= 0.3 is 0 Å². The second-order valence-electron chi connectivity index (χ2n) is 4.55. The Morgan fingerprint density at radius 1 is 1.53 bits per heavy atom. The van der Waals surface area contributed by atoms with Crippen LogP contribution >= 0.6 is 0 Å². The standard InChI is InChI=1S/C11H14FNO3S/c1-17(15,16)10-9(11(10,13)6-14)7-3-2-4-8(12)5-7/h2-5,9-10,14H,6,13H2,1H3/t9-,10+,11-/m0/s1.